The van der Waals surface area contributed by atoms with Gasteiger partial charge in [0.05, 0.1) is 19.5 Å². The van der Waals surface area contributed by atoms with E-state index in [1.165, 1.54) is 18.4 Å². The molecule has 0 aliphatic rings. The molecule has 1 unspecified atom stereocenters. The number of nitro benzene ring substituents is 1. The maximum absolute atomic E-state index is 11.3. The molecule has 0 bridgehead atoms. The third kappa shape index (κ3) is 1.99. The normalized spacial score (nSPS) is 14.6. The van der Waals surface area contributed by atoms with Gasteiger partial charge in [-0.3, -0.25) is 10.1 Å². The van der Waals surface area contributed by atoms with Gasteiger partial charge in [0.2, 0.25) is 0 Å². The fraction of sp³-hybridized carbons (Fsp3) is 0.143. The molecule has 1 rings (SSSR count). The van der Waals surface area contributed by atoms with Crippen LogP contribution in [0.2, 0.25) is 0 Å². The average Bonchev–Trinajstić information content (AvgIpc) is 2.02. The summed E-state index contributed by atoms with van der Waals surface area (Å²) >= 11 is 0. The fourth-order valence-electron chi connectivity index (χ4n) is 0.974. The highest BCUT2D eigenvalue weighted by Gasteiger charge is 2.13. The van der Waals surface area contributed by atoms with Crippen LogP contribution in [-0.2, 0) is 9.73 Å². The van der Waals surface area contributed by atoms with E-state index in [2.05, 4.69) is 0 Å². The minimum absolute atomic E-state index is 0.00620. The van der Waals surface area contributed by atoms with E-state index < -0.39 is 14.7 Å². The molecule has 0 amide bonds. The van der Waals surface area contributed by atoms with Crippen LogP contribution in [0.25, 0.3) is 0 Å². The highest BCUT2D eigenvalue weighted by molar-refractivity contribution is 7.91. The molecule has 0 heterocycles. The Kier molecular flexibility index (Phi) is 2.43. The van der Waals surface area contributed by atoms with E-state index >= 15 is 0 Å². The van der Waals surface area contributed by atoms with Gasteiger partial charge < -0.3 is 5.73 Å². The van der Waals surface area contributed by atoms with E-state index in [9.17, 15) is 14.3 Å². The molecule has 0 spiro atoms. The topological polar surface area (TPSA) is 110 Å². The number of hydrogen-bond donors (Lipinski definition) is 2. The van der Waals surface area contributed by atoms with Crippen molar-refractivity contribution in [3.8, 4) is 0 Å². The Labute approximate surface area is 80.9 Å². The molecular formula is C7H9N3O3S. The van der Waals surface area contributed by atoms with Crippen molar-refractivity contribution in [3.63, 3.8) is 0 Å². The van der Waals surface area contributed by atoms with Crippen molar-refractivity contribution >= 4 is 21.1 Å². The van der Waals surface area contributed by atoms with Crippen molar-refractivity contribution in [2.24, 2.45) is 0 Å². The SMILES string of the molecule is CS(=N)(=O)c1cc([N+](=O)[O-])ccc1N. The number of hydrogen-bond acceptors (Lipinski definition) is 5. The first kappa shape index (κ1) is 10.5. The number of benzene rings is 1. The van der Waals surface area contributed by atoms with E-state index in [1.807, 2.05) is 0 Å². The van der Waals surface area contributed by atoms with E-state index in [-0.39, 0.29) is 16.3 Å². The van der Waals surface area contributed by atoms with Gasteiger partial charge in [-0.15, -0.1) is 0 Å². The van der Waals surface area contributed by atoms with Gasteiger partial charge in [0.1, 0.15) is 0 Å². The Hall–Kier alpha value is -1.63. The van der Waals surface area contributed by atoms with Gasteiger partial charge in [-0.25, -0.2) is 8.99 Å². The molecule has 0 radical (unpaired) electrons. The van der Waals surface area contributed by atoms with Crippen LogP contribution in [0.15, 0.2) is 23.1 Å². The molecule has 3 N–H and O–H groups in total. The summed E-state index contributed by atoms with van der Waals surface area (Å²) in [5, 5.41) is 10.4. The van der Waals surface area contributed by atoms with Crippen molar-refractivity contribution in [2.75, 3.05) is 12.0 Å². The number of nitrogens with zero attached hydrogens (tertiary/aromatic N) is 1. The summed E-state index contributed by atoms with van der Waals surface area (Å²) in [6.07, 6.45) is 1.17. The van der Waals surface area contributed by atoms with Crippen LogP contribution in [0.4, 0.5) is 11.4 Å². The number of non-ortho nitro benzene ring substituents is 1. The third-order valence-electron chi connectivity index (χ3n) is 1.63. The zero-order chi connectivity index (χ0) is 10.9. The molecular weight excluding hydrogens is 206 g/mol. The fourth-order valence-corrected chi connectivity index (χ4v) is 1.84. The molecule has 7 heteroatoms. The molecule has 76 valence electrons. The van der Waals surface area contributed by atoms with Gasteiger partial charge in [-0.05, 0) is 6.07 Å². The van der Waals surface area contributed by atoms with Gasteiger partial charge in [0.25, 0.3) is 5.69 Å². The molecule has 14 heavy (non-hydrogen) atoms. The molecule has 0 aromatic heterocycles. The molecule has 1 aromatic carbocycles. The second kappa shape index (κ2) is 3.26. The maximum atomic E-state index is 11.3. The highest BCUT2D eigenvalue weighted by Crippen LogP contribution is 2.23. The predicted molar refractivity (Wildman–Crippen MR) is 52.6 cm³/mol. The summed E-state index contributed by atoms with van der Waals surface area (Å²) in [4.78, 5) is 9.79. The molecule has 0 aliphatic heterocycles. The van der Waals surface area contributed by atoms with Crippen molar-refractivity contribution in [1.82, 2.24) is 0 Å². The van der Waals surface area contributed by atoms with Crippen molar-refractivity contribution in [2.45, 2.75) is 4.90 Å². The summed E-state index contributed by atoms with van der Waals surface area (Å²) in [7, 11) is -3.02. The zero-order valence-electron chi connectivity index (χ0n) is 7.39. The van der Waals surface area contributed by atoms with Crippen molar-refractivity contribution < 1.29 is 9.13 Å². The Morgan fingerprint density at radius 2 is 2.14 bits per heavy atom. The van der Waals surface area contributed by atoms with E-state index in [0.717, 1.165) is 6.07 Å². The number of rotatable bonds is 2. The summed E-state index contributed by atoms with van der Waals surface area (Å²) in [5.41, 5.74) is 5.38. The number of nitrogens with two attached hydrogens (primary N) is 1. The molecule has 1 atom stereocenters. The minimum Gasteiger partial charge on any atom is -0.398 e. The van der Waals surface area contributed by atoms with Gasteiger partial charge in [0, 0.05) is 24.1 Å². The molecule has 0 aliphatic carbocycles. The van der Waals surface area contributed by atoms with Crippen LogP contribution in [-0.4, -0.2) is 15.4 Å². The van der Waals surface area contributed by atoms with Crippen LogP contribution in [0.5, 0.6) is 0 Å². The highest BCUT2D eigenvalue weighted by atomic mass is 32.2. The first-order valence-electron chi connectivity index (χ1n) is 3.60. The van der Waals surface area contributed by atoms with Crippen LogP contribution in [0.1, 0.15) is 0 Å². The molecule has 0 fully saturated rings. The van der Waals surface area contributed by atoms with E-state index in [1.54, 1.807) is 0 Å². The molecule has 0 saturated heterocycles. The number of nitrogen functional groups attached to an aromatic ring is 1. The maximum Gasteiger partial charge on any atom is 0.270 e. The largest absolute Gasteiger partial charge is 0.398 e. The lowest BCUT2D eigenvalue weighted by molar-refractivity contribution is -0.385. The number of nitro groups is 1. The first-order valence-corrected chi connectivity index (χ1v) is 5.56. The van der Waals surface area contributed by atoms with Crippen molar-refractivity contribution in [3.05, 3.63) is 28.3 Å². The Morgan fingerprint density at radius 1 is 1.57 bits per heavy atom. The van der Waals surface area contributed by atoms with E-state index in [0.29, 0.717) is 0 Å². The number of anilines is 1. The summed E-state index contributed by atoms with van der Waals surface area (Å²) in [6, 6.07) is 3.57. The lowest BCUT2D eigenvalue weighted by Gasteiger charge is -2.04. The van der Waals surface area contributed by atoms with Gasteiger partial charge in [-0.1, -0.05) is 0 Å². The van der Waals surface area contributed by atoms with Crippen molar-refractivity contribution in [1.29, 1.82) is 4.78 Å². The Morgan fingerprint density at radius 3 is 2.57 bits per heavy atom. The van der Waals surface area contributed by atoms with Gasteiger partial charge in [0.15, 0.2) is 0 Å². The number of nitrogens with one attached hydrogen (secondary N) is 1. The zero-order valence-corrected chi connectivity index (χ0v) is 8.21. The Balaban J connectivity index is 3.44. The van der Waals surface area contributed by atoms with Crippen LogP contribution in [0, 0.1) is 14.9 Å². The van der Waals surface area contributed by atoms with E-state index in [4.69, 9.17) is 10.5 Å². The van der Waals surface area contributed by atoms with Crippen LogP contribution >= 0.6 is 0 Å². The smallest absolute Gasteiger partial charge is 0.270 e. The molecule has 6 nitrogen and oxygen atoms in total. The second-order valence-corrected chi connectivity index (χ2v) is 4.95. The van der Waals surface area contributed by atoms with Crippen LogP contribution in [0.3, 0.4) is 0 Å². The lowest BCUT2D eigenvalue weighted by Crippen LogP contribution is -2.02. The summed E-state index contributed by atoms with van der Waals surface area (Å²) in [5.74, 6) is 0. The molecule has 0 saturated carbocycles. The monoisotopic (exact) mass is 215 g/mol. The standard InChI is InChI=1S/C7H9N3O3S/c1-14(9,13)7-4-5(10(11)12)2-3-6(7)8/h2-4,9H,8H2,1H3. The summed E-state index contributed by atoms with van der Waals surface area (Å²) < 4.78 is 18.6. The first-order chi connectivity index (χ1) is 6.32. The van der Waals surface area contributed by atoms with Gasteiger partial charge in [-0.2, -0.15) is 0 Å². The van der Waals surface area contributed by atoms with Crippen LogP contribution < -0.4 is 5.73 Å². The lowest BCUT2D eigenvalue weighted by atomic mass is 10.3. The second-order valence-electron chi connectivity index (χ2n) is 2.82. The Bertz CT molecular complexity index is 481. The molecule has 1 aromatic rings. The summed E-state index contributed by atoms with van der Waals surface area (Å²) in [6.45, 7) is 0. The predicted octanol–water partition coefficient (Wildman–Crippen LogP) is 1.21. The minimum atomic E-state index is -3.02. The van der Waals surface area contributed by atoms with Gasteiger partial charge >= 0.3 is 0 Å². The quantitative estimate of drug-likeness (QED) is 0.438. The average molecular weight is 215 g/mol. The third-order valence-corrected chi connectivity index (χ3v) is 2.82.